The normalized spacial score (nSPS) is 12.5. The lowest BCUT2D eigenvalue weighted by Crippen LogP contribution is -2.36. The molecular formula is C14H21NO3S. The summed E-state index contributed by atoms with van der Waals surface area (Å²) in [5.41, 5.74) is 0. The number of methoxy groups -OCH3 is 1. The Kier molecular flexibility index (Phi) is 8.47. The molecule has 0 bridgehead atoms. The van der Waals surface area contributed by atoms with Crippen LogP contribution in [0.15, 0.2) is 17.5 Å². The maximum absolute atomic E-state index is 9.90. The number of hydrogen-bond acceptors (Lipinski definition) is 5. The van der Waals surface area contributed by atoms with Gasteiger partial charge < -0.3 is 14.6 Å². The molecule has 1 aromatic rings. The van der Waals surface area contributed by atoms with Gasteiger partial charge in [0.25, 0.3) is 0 Å². The largest absolute Gasteiger partial charge is 0.389 e. The van der Waals surface area contributed by atoms with Crippen molar-refractivity contribution in [3.05, 3.63) is 22.4 Å². The second-order valence-electron chi connectivity index (χ2n) is 4.18. The number of ether oxygens (including phenoxy) is 2. The lowest BCUT2D eigenvalue weighted by molar-refractivity contribution is 0.0210. The third kappa shape index (κ3) is 7.31. The molecule has 0 amide bonds. The smallest absolute Gasteiger partial charge is 0.107 e. The molecule has 106 valence electrons. The summed E-state index contributed by atoms with van der Waals surface area (Å²) < 4.78 is 10.2. The van der Waals surface area contributed by atoms with Crippen LogP contribution in [0.3, 0.4) is 0 Å². The van der Waals surface area contributed by atoms with Crippen molar-refractivity contribution in [3.8, 4) is 12.3 Å². The SMILES string of the molecule is C#CCOCC(O)CN(CCOC)Cc1cccs1. The van der Waals surface area contributed by atoms with Crippen LogP contribution in [0.4, 0.5) is 0 Å². The van der Waals surface area contributed by atoms with Crippen molar-refractivity contribution in [2.75, 3.05) is 40.0 Å². The first-order valence-corrected chi connectivity index (χ1v) is 7.07. The Labute approximate surface area is 119 Å². The average Bonchev–Trinajstić information content (AvgIpc) is 2.89. The molecule has 0 aliphatic heterocycles. The molecule has 1 heterocycles. The molecule has 4 nitrogen and oxygen atoms in total. The summed E-state index contributed by atoms with van der Waals surface area (Å²) in [6.07, 6.45) is 4.55. The first kappa shape index (κ1) is 16.2. The summed E-state index contributed by atoms with van der Waals surface area (Å²) in [6, 6.07) is 4.12. The van der Waals surface area contributed by atoms with Gasteiger partial charge in [0.05, 0.1) is 19.3 Å². The zero-order chi connectivity index (χ0) is 13.9. The minimum Gasteiger partial charge on any atom is -0.389 e. The Balaban J connectivity index is 2.37. The van der Waals surface area contributed by atoms with Crippen molar-refractivity contribution in [2.45, 2.75) is 12.6 Å². The molecule has 19 heavy (non-hydrogen) atoms. The van der Waals surface area contributed by atoms with Crippen molar-refractivity contribution < 1.29 is 14.6 Å². The van der Waals surface area contributed by atoms with Crippen LogP contribution >= 0.6 is 11.3 Å². The Hall–Kier alpha value is -0.900. The van der Waals surface area contributed by atoms with Crippen molar-refractivity contribution >= 4 is 11.3 Å². The molecule has 0 saturated carbocycles. The van der Waals surface area contributed by atoms with Crippen molar-refractivity contribution in [1.29, 1.82) is 0 Å². The fourth-order valence-electron chi connectivity index (χ4n) is 1.68. The van der Waals surface area contributed by atoms with E-state index in [2.05, 4.69) is 22.3 Å². The lowest BCUT2D eigenvalue weighted by Gasteiger charge is -2.24. The predicted octanol–water partition coefficient (Wildman–Crippen LogP) is 1.21. The van der Waals surface area contributed by atoms with Crippen molar-refractivity contribution in [2.24, 2.45) is 0 Å². The van der Waals surface area contributed by atoms with E-state index in [0.29, 0.717) is 13.2 Å². The quantitative estimate of drug-likeness (QED) is 0.518. The Morgan fingerprint density at radius 3 is 3.05 bits per heavy atom. The topological polar surface area (TPSA) is 41.9 Å². The standard InChI is InChI=1S/C14H21NO3S/c1-3-7-18-12-13(16)10-15(6-8-17-2)11-14-5-4-9-19-14/h1,4-5,9,13,16H,6-8,10-12H2,2H3. The summed E-state index contributed by atoms with van der Waals surface area (Å²) in [7, 11) is 1.68. The third-order valence-electron chi connectivity index (χ3n) is 2.54. The second-order valence-corrected chi connectivity index (χ2v) is 5.21. The van der Waals surface area contributed by atoms with E-state index in [1.807, 2.05) is 6.07 Å². The van der Waals surface area contributed by atoms with Gasteiger partial charge in [0.15, 0.2) is 0 Å². The van der Waals surface area contributed by atoms with Crippen LogP contribution in [-0.2, 0) is 16.0 Å². The van der Waals surface area contributed by atoms with Gasteiger partial charge in [-0.15, -0.1) is 17.8 Å². The first-order valence-electron chi connectivity index (χ1n) is 6.19. The van der Waals surface area contributed by atoms with Gasteiger partial charge in [-0.1, -0.05) is 12.0 Å². The van der Waals surface area contributed by atoms with Gasteiger partial charge in [0, 0.05) is 31.6 Å². The molecular weight excluding hydrogens is 262 g/mol. The third-order valence-corrected chi connectivity index (χ3v) is 3.40. The van der Waals surface area contributed by atoms with Crippen LogP contribution in [0.5, 0.6) is 0 Å². The van der Waals surface area contributed by atoms with Crippen LogP contribution in [-0.4, -0.2) is 56.1 Å². The number of aliphatic hydroxyl groups excluding tert-OH is 1. The first-order chi connectivity index (χ1) is 9.26. The minimum absolute atomic E-state index is 0.236. The highest BCUT2D eigenvalue weighted by Gasteiger charge is 2.12. The van der Waals surface area contributed by atoms with E-state index in [1.165, 1.54) is 4.88 Å². The Morgan fingerprint density at radius 2 is 2.42 bits per heavy atom. The van der Waals surface area contributed by atoms with E-state index in [0.717, 1.165) is 13.1 Å². The zero-order valence-electron chi connectivity index (χ0n) is 11.2. The highest BCUT2D eigenvalue weighted by Crippen LogP contribution is 2.12. The van der Waals surface area contributed by atoms with Gasteiger partial charge in [-0.25, -0.2) is 0 Å². The van der Waals surface area contributed by atoms with Crippen LogP contribution in [0.2, 0.25) is 0 Å². The number of terminal acetylenes is 1. The van der Waals surface area contributed by atoms with Crippen LogP contribution in [0.25, 0.3) is 0 Å². The fraction of sp³-hybridized carbons (Fsp3) is 0.571. The second kappa shape index (κ2) is 9.96. The molecule has 0 spiro atoms. The van der Waals surface area contributed by atoms with E-state index >= 15 is 0 Å². The van der Waals surface area contributed by atoms with E-state index in [4.69, 9.17) is 15.9 Å². The van der Waals surface area contributed by atoms with Gasteiger partial charge in [0.1, 0.15) is 6.61 Å². The summed E-state index contributed by atoms with van der Waals surface area (Å²) in [4.78, 5) is 3.42. The average molecular weight is 283 g/mol. The number of aliphatic hydroxyl groups is 1. The minimum atomic E-state index is -0.537. The Bertz CT molecular complexity index is 361. The molecule has 1 rings (SSSR count). The van der Waals surface area contributed by atoms with Crippen LogP contribution < -0.4 is 0 Å². The number of hydrogen-bond donors (Lipinski definition) is 1. The maximum atomic E-state index is 9.90. The van der Waals surface area contributed by atoms with Gasteiger partial charge in [-0.05, 0) is 11.4 Å². The van der Waals surface area contributed by atoms with E-state index < -0.39 is 6.10 Å². The fourth-order valence-corrected chi connectivity index (χ4v) is 2.43. The monoisotopic (exact) mass is 283 g/mol. The maximum Gasteiger partial charge on any atom is 0.107 e. The lowest BCUT2D eigenvalue weighted by atomic mass is 10.3. The highest BCUT2D eigenvalue weighted by molar-refractivity contribution is 7.09. The van der Waals surface area contributed by atoms with Gasteiger partial charge in [-0.3, -0.25) is 4.90 Å². The highest BCUT2D eigenvalue weighted by atomic mass is 32.1. The number of thiophene rings is 1. The molecule has 0 aromatic carbocycles. The van der Waals surface area contributed by atoms with Crippen molar-refractivity contribution in [3.63, 3.8) is 0 Å². The van der Waals surface area contributed by atoms with Crippen LogP contribution in [0, 0.1) is 12.3 Å². The van der Waals surface area contributed by atoms with E-state index in [1.54, 1.807) is 18.4 Å². The summed E-state index contributed by atoms with van der Waals surface area (Å²) >= 11 is 1.71. The van der Waals surface area contributed by atoms with Gasteiger partial charge in [0.2, 0.25) is 0 Å². The summed E-state index contributed by atoms with van der Waals surface area (Å²) in [6.45, 7) is 3.28. The van der Waals surface area contributed by atoms with E-state index in [9.17, 15) is 5.11 Å². The molecule has 0 saturated heterocycles. The number of rotatable bonds is 10. The summed E-state index contributed by atoms with van der Waals surface area (Å²) in [5, 5.41) is 12.0. The molecule has 5 heteroatoms. The predicted molar refractivity (Wildman–Crippen MR) is 77.1 cm³/mol. The number of nitrogens with zero attached hydrogens (tertiary/aromatic N) is 1. The molecule has 0 aliphatic rings. The van der Waals surface area contributed by atoms with Gasteiger partial charge >= 0.3 is 0 Å². The molecule has 0 fully saturated rings. The Morgan fingerprint density at radius 1 is 1.58 bits per heavy atom. The molecule has 1 N–H and O–H groups in total. The molecule has 1 unspecified atom stereocenters. The molecule has 1 aromatic heterocycles. The zero-order valence-corrected chi connectivity index (χ0v) is 12.1. The van der Waals surface area contributed by atoms with Crippen LogP contribution in [0.1, 0.15) is 4.88 Å². The summed E-state index contributed by atoms with van der Waals surface area (Å²) in [5.74, 6) is 2.38. The molecule has 0 radical (unpaired) electrons. The van der Waals surface area contributed by atoms with E-state index in [-0.39, 0.29) is 13.2 Å². The molecule has 1 atom stereocenters. The molecule has 0 aliphatic carbocycles. The van der Waals surface area contributed by atoms with Crippen molar-refractivity contribution in [1.82, 2.24) is 4.90 Å². The van der Waals surface area contributed by atoms with Gasteiger partial charge in [-0.2, -0.15) is 0 Å².